The largest absolute Gasteiger partial charge is 0.487 e. The molecule has 112 valence electrons. The van der Waals surface area contributed by atoms with Crippen LogP contribution in [-0.4, -0.2) is 13.7 Å². The van der Waals surface area contributed by atoms with Gasteiger partial charge in [0.05, 0.1) is 0 Å². The number of hydrogen-bond donors (Lipinski definition) is 1. The summed E-state index contributed by atoms with van der Waals surface area (Å²) < 4.78 is 33.5. The number of nitrogens with one attached hydrogen (secondary N) is 1. The molecule has 0 atom stereocenters. The van der Waals surface area contributed by atoms with Crippen LogP contribution < -0.4 is 10.1 Å². The fraction of sp³-hybridized carbons (Fsp3) is 0.250. The number of benzene rings is 2. The van der Waals surface area contributed by atoms with Crippen LogP contribution in [-0.2, 0) is 12.5 Å². The Labute approximate surface area is 127 Å². The number of halogens is 3. The molecule has 2 aromatic carbocycles. The summed E-state index contributed by atoms with van der Waals surface area (Å²) in [6, 6.07) is 12.6. The first-order valence-corrected chi connectivity index (χ1v) is 6.90. The second-order valence-electron chi connectivity index (χ2n) is 4.64. The van der Waals surface area contributed by atoms with Gasteiger partial charge in [-0.05, 0) is 25.2 Å². The van der Waals surface area contributed by atoms with Crippen molar-refractivity contribution in [1.29, 1.82) is 0 Å². The molecule has 0 saturated carbocycles. The van der Waals surface area contributed by atoms with E-state index in [9.17, 15) is 8.78 Å². The minimum atomic E-state index is -3.04. The van der Waals surface area contributed by atoms with E-state index in [0.29, 0.717) is 17.3 Å². The van der Waals surface area contributed by atoms with Crippen LogP contribution in [0.2, 0.25) is 5.02 Å². The van der Waals surface area contributed by atoms with E-state index in [1.807, 2.05) is 0 Å². The maximum absolute atomic E-state index is 14.1. The lowest BCUT2D eigenvalue weighted by Gasteiger charge is -2.19. The normalized spacial score (nSPS) is 11.4. The average molecular weight is 312 g/mol. The molecule has 2 aromatic rings. The van der Waals surface area contributed by atoms with Crippen molar-refractivity contribution in [2.75, 3.05) is 13.7 Å². The summed E-state index contributed by atoms with van der Waals surface area (Å²) in [5, 5.41) is 3.50. The first kappa shape index (κ1) is 15.7. The molecule has 5 heteroatoms. The number of alkyl halides is 2. The van der Waals surface area contributed by atoms with Crippen molar-refractivity contribution in [2.24, 2.45) is 0 Å². The summed E-state index contributed by atoms with van der Waals surface area (Å²) in [5.74, 6) is -2.64. The topological polar surface area (TPSA) is 21.3 Å². The highest BCUT2D eigenvalue weighted by Gasteiger charge is 2.32. The minimum absolute atomic E-state index is 0.0610. The van der Waals surface area contributed by atoms with E-state index < -0.39 is 12.5 Å². The van der Waals surface area contributed by atoms with Gasteiger partial charge in [0.25, 0.3) is 0 Å². The summed E-state index contributed by atoms with van der Waals surface area (Å²) in [5.41, 5.74) is 0.683. The van der Waals surface area contributed by atoms with Crippen molar-refractivity contribution in [1.82, 2.24) is 5.32 Å². The molecule has 0 fully saturated rings. The molecule has 0 radical (unpaired) electrons. The van der Waals surface area contributed by atoms with E-state index in [-0.39, 0.29) is 5.56 Å². The van der Waals surface area contributed by atoms with Crippen LogP contribution >= 0.6 is 11.6 Å². The third-order valence-corrected chi connectivity index (χ3v) is 3.23. The lowest BCUT2D eigenvalue weighted by molar-refractivity contribution is -0.0469. The van der Waals surface area contributed by atoms with E-state index in [2.05, 4.69) is 5.32 Å². The Kier molecular flexibility index (Phi) is 5.15. The van der Waals surface area contributed by atoms with E-state index in [1.54, 1.807) is 43.4 Å². The minimum Gasteiger partial charge on any atom is -0.487 e. The standard InChI is InChI=1S/C16H16ClF2NO/c1-20-10-12-9-14(17)7-8-15(12)21-11-16(18,19)13-5-3-2-4-6-13/h2-9,20H,10-11H2,1H3. The molecule has 0 amide bonds. The van der Waals surface area contributed by atoms with Crippen molar-refractivity contribution >= 4 is 11.6 Å². The smallest absolute Gasteiger partial charge is 0.306 e. The monoisotopic (exact) mass is 311 g/mol. The Bertz CT molecular complexity index is 590. The second-order valence-corrected chi connectivity index (χ2v) is 5.08. The zero-order chi connectivity index (χ0) is 15.3. The number of ether oxygens (including phenoxy) is 1. The van der Waals surface area contributed by atoms with Crippen LogP contribution in [0.15, 0.2) is 48.5 Å². The van der Waals surface area contributed by atoms with Crippen LogP contribution in [0.4, 0.5) is 8.78 Å². The molecular formula is C16H16ClF2NO. The molecule has 0 bridgehead atoms. The summed E-state index contributed by atoms with van der Waals surface area (Å²) in [4.78, 5) is 0. The molecule has 0 aliphatic heterocycles. The van der Waals surface area contributed by atoms with E-state index in [1.165, 1.54) is 12.1 Å². The fourth-order valence-corrected chi connectivity index (χ4v) is 2.15. The number of rotatable bonds is 6. The van der Waals surface area contributed by atoms with Crippen LogP contribution in [0.1, 0.15) is 11.1 Å². The summed E-state index contributed by atoms with van der Waals surface area (Å²) in [6.07, 6.45) is 0. The molecule has 0 aliphatic rings. The number of hydrogen-bond acceptors (Lipinski definition) is 2. The van der Waals surface area contributed by atoms with Crippen LogP contribution in [0, 0.1) is 0 Å². The predicted molar refractivity (Wildman–Crippen MR) is 80.0 cm³/mol. The van der Waals surface area contributed by atoms with Gasteiger partial charge in [0.1, 0.15) is 5.75 Å². The molecule has 0 aliphatic carbocycles. The first-order chi connectivity index (χ1) is 10.0. The molecule has 0 saturated heterocycles. The lowest BCUT2D eigenvalue weighted by atomic mass is 10.1. The molecule has 0 heterocycles. The maximum Gasteiger partial charge on any atom is 0.306 e. The summed E-state index contributed by atoms with van der Waals surface area (Å²) >= 11 is 5.91. The SMILES string of the molecule is CNCc1cc(Cl)ccc1OCC(F)(F)c1ccccc1. The van der Waals surface area contributed by atoms with Gasteiger partial charge in [-0.3, -0.25) is 0 Å². The van der Waals surface area contributed by atoms with Gasteiger partial charge in [-0.1, -0.05) is 41.9 Å². The Hall–Kier alpha value is -1.65. The van der Waals surface area contributed by atoms with Gasteiger partial charge in [-0.25, -0.2) is 0 Å². The van der Waals surface area contributed by atoms with Gasteiger partial charge in [0.2, 0.25) is 0 Å². The Balaban J connectivity index is 2.12. The first-order valence-electron chi connectivity index (χ1n) is 6.52. The highest BCUT2D eigenvalue weighted by molar-refractivity contribution is 6.30. The van der Waals surface area contributed by atoms with Gasteiger partial charge >= 0.3 is 5.92 Å². The van der Waals surface area contributed by atoms with Crippen LogP contribution in [0.3, 0.4) is 0 Å². The zero-order valence-corrected chi connectivity index (χ0v) is 12.3. The quantitative estimate of drug-likeness (QED) is 0.862. The molecule has 2 nitrogen and oxygen atoms in total. The molecule has 0 aromatic heterocycles. The molecule has 2 rings (SSSR count). The second kappa shape index (κ2) is 6.87. The van der Waals surface area contributed by atoms with Gasteiger partial charge in [-0.2, -0.15) is 8.78 Å². The Morgan fingerprint density at radius 2 is 1.86 bits per heavy atom. The van der Waals surface area contributed by atoms with Gasteiger partial charge in [-0.15, -0.1) is 0 Å². The third kappa shape index (κ3) is 4.16. The molecule has 0 unspecified atom stereocenters. The van der Waals surface area contributed by atoms with Gasteiger partial charge < -0.3 is 10.1 Å². The van der Waals surface area contributed by atoms with E-state index >= 15 is 0 Å². The van der Waals surface area contributed by atoms with Gasteiger partial charge in [0.15, 0.2) is 6.61 Å². The third-order valence-electron chi connectivity index (χ3n) is 2.99. The van der Waals surface area contributed by atoms with Crippen molar-refractivity contribution in [3.63, 3.8) is 0 Å². The maximum atomic E-state index is 14.1. The van der Waals surface area contributed by atoms with E-state index in [4.69, 9.17) is 16.3 Å². The lowest BCUT2D eigenvalue weighted by Crippen LogP contribution is -2.23. The van der Waals surface area contributed by atoms with Crippen LogP contribution in [0.5, 0.6) is 5.75 Å². The Morgan fingerprint density at radius 3 is 2.52 bits per heavy atom. The zero-order valence-electron chi connectivity index (χ0n) is 11.6. The van der Waals surface area contributed by atoms with E-state index in [0.717, 1.165) is 5.56 Å². The Morgan fingerprint density at radius 1 is 1.14 bits per heavy atom. The highest BCUT2D eigenvalue weighted by Crippen LogP contribution is 2.30. The molecule has 21 heavy (non-hydrogen) atoms. The summed E-state index contributed by atoms with van der Waals surface area (Å²) in [6.45, 7) is -0.220. The van der Waals surface area contributed by atoms with Gasteiger partial charge in [0, 0.05) is 22.7 Å². The summed E-state index contributed by atoms with van der Waals surface area (Å²) in [7, 11) is 1.77. The van der Waals surface area contributed by atoms with Crippen molar-refractivity contribution in [3.8, 4) is 5.75 Å². The van der Waals surface area contributed by atoms with Crippen LogP contribution in [0.25, 0.3) is 0 Å². The molecule has 1 N–H and O–H groups in total. The fourth-order valence-electron chi connectivity index (χ4n) is 1.95. The van der Waals surface area contributed by atoms with Crippen molar-refractivity contribution < 1.29 is 13.5 Å². The average Bonchev–Trinajstić information content (AvgIpc) is 2.48. The highest BCUT2D eigenvalue weighted by atomic mass is 35.5. The van der Waals surface area contributed by atoms with Crippen molar-refractivity contribution in [2.45, 2.75) is 12.5 Å². The molecule has 0 spiro atoms. The van der Waals surface area contributed by atoms with Crippen molar-refractivity contribution in [3.05, 3.63) is 64.7 Å². The molecular weight excluding hydrogens is 296 g/mol. The predicted octanol–water partition coefficient (Wildman–Crippen LogP) is 4.23.